The molecule has 7 rings (SSSR count). The van der Waals surface area contributed by atoms with Gasteiger partial charge in [-0.25, -0.2) is 19.0 Å². The van der Waals surface area contributed by atoms with E-state index >= 15 is 0 Å². The van der Waals surface area contributed by atoms with E-state index in [-0.39, 0.29) is 59.4 Å². The standard InChI is InChI=1S/C19H15N7O5.C12H12FN3O2.ClH/c20-14-7-26-13(17(28)29)6-12(22-18(26)23-14)16(27)21-11-4-2-8-5-9(1-3-10(8)11)15-24-19(30)31-25-15;13-8-2-1-6(4-14)3-7(8)5-16-10-9(15)11(17)12(10)18;/h1,3,5-7,11H,2,4,20H2,(H,21,27)(H,28,29)(H,24,25,30);1-3,16H,4-5,14-15H2;1H/t11-;;/m0../s1. The molecule has 0 saturated carbocycles. The molecule has 3 aromatic heterocycles. The monoisotopic (exact) mass is 706 g/mol. The molecule has 19 heteroatoms. The number of nitrogen functional groups attached to an aromatic ring is 2. The maximum atomic E-state index is 13.5. The summed E-state index contributed by atoms with van der Waals surface area (Å²) in [6, 6.07) is 10.9. The van der Waals surface area contributed by atoms with Gasteiger partial charge < -0.3 is 32.9 Å². The van der Waals surface area contributed by atoms with Crippen LogP contribution in [0.4, 0.5) is 21.6 Å². The lowest BCUT2D eigenvalue weighted by molar-refractivity contribution is 0.0688. The number of hydrogen-bond acceptors (Lipinski definition) is 13. The van der Waals surface area contributed by atoms with Crippen LogP contribution in [0.25, 0.3) is 17.2 Å². The predicted molar refractivity (Wildman–Crippen MR) is 180 cm³/mol. The third-order valence-electron chi connectivity index (χ3n) is 7.90. The molecule has 0 radical (unpaired) electrons. The second-order valence-electron chi connectivity index (χ2n) is 11.0. The largest absolute Gasteiger partial charge is 0.477 e. The maximum Gasteiger partial charge on any atom is 0.439 e. The normalized spacial score (nSPS) is 13.3. The highest BCUT2D eigenvalue weighted by atomic mass is 35.5. The number of carbonyl (C=O) groups is 2. The van der Waals surface area contributed by atoms with Gasteiger partial charge in [0, 0.05) is 30.3 Å². The van der Waals surface area contributed by atoms with E-state index in [4.69, 9.17) is 17.2 Å². The minimum absolute atomic E-state index is 0. The summed E-state index contributed by atoms with van der Waals surface area (Å²) in [6.07, 6.45) is 2.70. The molecule has 3 heterocycles. The Bertz CT molecular complexity index is 2400. The van der Waals surface area contributed by atoms with Crippen LogP contribution in [-0.4, -0.2) is 41.5 Å². The van der Waals surface area contributed by atoms with E-state index in [9.17, 15) is 33.5 Å². The Hall–Kier alpha value is -6.40. The fraction of sp³-hybridized carbons (Fsp3) is 0.161. The van der Waals surface area contributed by atoms with Crippen molar-refractivity contribution < 1.29 is 23.6 Å². The zero-order valence-corrected chi connectivity index (χ0v) is 26.5. The number of carboxylic acid groups (broad SMARTS) is 1. The number of halogens is 2. The van der Waals surface area contributed by atoms with E-state index in [2.05, 4.69) is 35.3 Å². The van der Waals surface area contributed by atoms with Gasteiger partial charge in [-0.05, 0) is 47.7 Å². The van der Waals surface area contributed by atoms with Gasteiger partial charge in [-0.2, -0.15) is 4.98 Å². The van der Waals surface area contributed by atoms with E-state index in [1.165, 1.54) is 22.7 Å². The molecule has 258 valence electrons. The van der Waals surface area contributed by atoms with Gasteiger partial charge in [-0.15, -0.1) is 12.4 Å². The fourth-order valence-corrected chi connectivity index (χ4v) is 5.42. The third-order valence-corrected chi connectivity index (χ3v) is 7.90. The van der Waals surface area contributed by atoms with Crippen molar-refractivity contribution in [3.63, 3.8) is 0 Å². The molecule has 1 aliphatic rings. The molecule has 1 aliphatic carbocycles. The van der Waals surface area contributed by atoms with Crippen molar-refractivity contribution in [2.24, 2.45) is 5.73 Å². The van der Waals surface area contributed by atoms with Gasteiger partial charge in [0.25, 0.3) is 16.8 Å². The van der Waals surface area contributed by atoms with Gasteiger partial charge in [0.15, 0.2) is 5.82 Å². The molecule has 50 heavy (non-hydrogen) atoms. The van der Waals surface area contributed by atoms with Crippen molar-refractivity contribution in [2.75, 3.05) is 16.8 Å². The Labute approximate surface area is 285 Å². The summed E-state index contributed by atoms with van der Waals surface area (Å²) in [4.78, 5) is 68.2. The number of fused-ring (bicyclic) bond motifs is 2. The molecule has 1 amide bonds. The highest BCUT2D eigenvalue weighted by Crippen LogP contribution is 2.33. The number of hydrogen-bond donors (Lipinski definition) is 7. The van der Waals surface area contributed by atoms with E-state index in [1.54, 1.807) is 18.2 Å². The molecule has 0 aliphatic heterocycles. The summed E-state index contributed by atoms with van der Waals surface area (Å²) < 4.78 is 19.2. The van der Waals surface area contributed by atoms with E-state index in [1.807, 2.05) is 12.1 Å². The third kappa shape index (κ3) is 6.78. The molecular formula is C31H28ClFN10O7. The average molecular weight is 707 g/mol. The number of amides is 1. The van der Waals surface area contributed by atoms with Crippen molar-refractivity contribution in [1.29, 1.82) is 0 Å². The Balaban J connectivity index is 0.000000219. The summed E-state index contributed by atoms with van der Waals surface area (Å²) >= 11 is 0. The molecule has 10 N–H and O–H groups in total. The van der Waals surface area contributed by atoms with E-state index in [0.29, 0.717) is 36.3 Å². The van der Waals surface area contributed by atoms with Gasteiger partial charge in [0.2, 0.25) is 5.78 Å². The molecular weight excluding hydrogens is 679 g/mol. The summed E-state index contributed by atoms with van der Waals surface area (Å²) in [6.45, 7) is 0.379. The van der Waals surface area contributed by atoms with Gasteiger partial charge in [-0.3, -0.25) is 28.3 Å². The first-order valence-corrected chi connectivity index (χ1v) is 14.6. The van der Waals surface area contributed by atoms with Crippen LogP contribution in [0.15, 0.2) is 67.6 Å². The molecule has 0 unspecified atom stereocenters. The van der Waals surface area contributed by atoms with Crippen molar-refractivity contribution in [1.82, 2.24) is 29.8 Å². The Kier molecular flexibility index (Phi) is 9.77. The number of rotatable bonds is 8. The van der Waals surface area contributed by atoms with Crippen molar-refractivity contribution in [3.05, 3.63) is 119 Å². The number of benzene rings is 2. The molecule has 0 spiro atoms. The number of carbonyl (C=O) groups excluding carboxylic acids is 1. The lowest BCUT2D eigenvalue weighted by Gasteiger charge is -2.14. The zero-order valence-electron chi connectivity index (χ0n) is 25.7. The topological polar surface area (TPSA) is 280 Å². The van der Waals surface area contributed by atoms with Crippen LogP contribution in [0.5, 0.6) is 0 Å². The van der Waals surface area contributed by atoms with Crippen LogP contribution in [-0.2, 0) is 19.5 Å². The Morgan fingerprint density at radius 3 is 2.54 bits per heavy atom. The second-order valence-corrected chi connectivity index (χ2v) is 11.0. The lowest BCUT2D eigenvalue weighted by Crippen LogP contribution is -2.37. The zero-order chi connectivity index (χ0) is 35.0. The molecule has 6 aromatic rings. The van der Waals surface area contributed by atoms with Crippen LogP contribution < -0.4 is 44.4 Å². The van der Waals surface area contributed by atoms with Gasteiger partial charge in [0.05, 0.1) is 12.2 Å². The fourth-order valence-electron chi connectivity index (χ4n) is 5.42. The minimum atomic E-state index is -1.23. The van der Waals surface area contributed by atoms with E-state index < -0.39 is 34.3 Å². The highest BCUT2D eigenvalue weighted by Gasteiger charge is 2.27. The summed E-state index contributed by atoms with van der Waals surface area (Å²) in [5.74, 6) is -2.33. The first-order valence-electron chi connectivity index (χ1n) is 14.6. The molecule has 0 saturated heterocycles. The number of nitrogens with two attached hydrogens (primary N) is 3. The van der Waals surface area contributed by atoms with Gasteiger partial charge >= 0.3 is 11.7 Å². The van der Waals surface area contributed by atoms with Crippen LogP contribution in [0.3, 0.4) is 0 Å². The number of anilines is 3. The number of carboxylic acids is 1. The highest BCUT2D eigenvalue weighted by molar-refractivity contribution is 5.96. The molecule has 17 nitrogen and oxygen atoms in total. The van der Waals surface area contributed by atoms with Crippen molar-refractivity contribution in [3.8, 4) is 11.4 Å². The summed E-state index contributed by atoms with van der Waals surface area (Å²) in [7, 11) is 0. The van der Waals surface area contributed by atoms with Crippen LogP contribution in [0, 0.1) is 5.82 Å². The van der Waals surface area contributed by atoms with Crippen LogP contribution in [0.2, 0.25) is 0 Å². The molecule has 0 bridgehead atoms. The lowest BCUT2D eigenvalue weighted by atomic mass is 10.0. The van der Waals surface area contributed by atoms with Crippen LogP contribution in [0.1, 0.15) is 55.7 Å². The molecule has 1 atom stereocenters. The minimum Gasteiger partial charge on any atom is -0.477 e. The number of aromatic carboxylic acids is 1. The Morgan fingerprint density at radius 1 is 1.08 bits per heavy atom. The number of nitrogens with one attached hydrogen (secondary N) is 3. The number of aromatic nitrogens is 5. The maximum absolute atomic E-state index is 13.5. The number of imidazole rings is 1. The first kappa shape index (κ1) is 34.9. The SMILES string of the molecule is Cl.NCc1ccc(F)c(CNc2c(N)c(=O)c2=O)c1.Nc1cn2c(C(=O)O)cc(C(=O)N[C@H]3CCc4cc(-c5noc(=O)[nH]5)ccc43)nc2n1. The number of aromatic amines is 1. The van der Waals surface area contributed by atoms with Crippen molar-refractivity contribution in [2.45, 2.75) is 32.0 Å². The average Bonchev–Trinajstić information content (AvgIpc) is 3.82. The quantitative estimate of drug-likeness (QED) is 0.110. The number of aryl methyl sites for hydroxylation is 1. The van der Waals surface area contributed by atoms with Gasteiger partial charge in [0.1, 0.15) is 34.4 Å². The van der Waals surface area contributed by atoms with Crippen molar-refractivity contribution >= 4 is 47.3 Å². The molecule has 0 fully saturated rings. The molecule has 3 aromatic carbocycles. The predicted octanol–water partition coefficient (Wildman–Crippen LogP) is 1.27. The smallest absolute Gasteiger partial charge is 0.439 e. The van der Waals surface area contributed by atoms with Gasteiger partial charge in [-0.1, -0.05) is 23.4 Å². The van der Waals surface area contributed by atoms with Crippen LogP contribution >= 0.6 is 12.4 Å². The first-order chi connectivity index (χ1) is 23.4. The second kappa shape index (κ2) is 14.0. The Morgan fingerprint density at radius 2 is 1.86 bits per heavy atom. The number of nitrogens with zero attached hydrogens (tertiary/aromatic N) is 4. The summed E-state index contributed by atoms with van der Waals surface area (Å²) in [5, 5.41) is 18.7. The number of H-pyrrole nitrogens is 1. The van der Waals surface area contributed by atoms with E-state index in [0.717, 1.165) is 16.7 Å². The summed E-state index contributed by atoms with van der Waals surface area (Å²) in [5.41, 5.74) is 18.6.